The van der Waals surface area contributed by atoms with E-state index in [9.17, 15) is 14.4 Å². The van der Waals surface area contributed by atoms with Crippen molar-refractivity contribution in [2.45, 2.75) is 95.8 Å². The number of fused-ring (bicyclic) bond motifs is 1. The lowest BCUT2D eigenvalue weighted by atomic mass is 9.88. The van der Waals surface area contributed by atoms with E-state index in [4.69, 9.17) is 14.3 Å². The first-order valence-electron chi connectivity index (χ1n) is 16.5. The molecule has 3 amide bonds. The molecule has 3 aliphatic rings. The molecule has 238 valence electrons. The quantitative estimate of drug-likeness (QED) is 0.176. The predicted molar refractivity (Wildman–Crippen MR) is 169 cm³/mol. The number of hydrogen-bond donors (Lipinski definition) is 2. The van der Waals surface area contributed by atoms with Crippen molar-refractivity contribution < 1.29 is 28.7 Å². The van der Waals surface area contributed by atoms with Gasteiger partial charge in [-0.3, -0.25) is 14.4 Å². The van der Waals surface area contributed by atoms with Crippen LogP contribution in [0.2, 0.25) is 0 Å². The molecule has 0 spiro atoms. The number of unbranched alkanes of at least 4 members (excludes halogenated alkanes) is 2. The van der Waals surface area contributed by atoms with Crippen molar-refractivity contribution in [3.63, 3.8) is 0 Å². The summed E-state index contributed by atoms with van der Waals surface area (Å²) in [5.41, 5.74) is 3.06. The monoisotopic (exact) mass is 605 g/mol. The van der Waals surface area contributed by atoms with Crippen molar-refractivity contribution in [3.8, 4) is 5.75 Å². The summed E-state index contributed by atoms with van der Waals surface area (Å²) >= 11 is 0. The van der Waals surface area contributed by atoms with Gasteiger partial charge in [-0.2, -0.15) is 0 Å². The van der Waals surface area contributed by atoms with E-state index in [2.05, 4.69) is 10.8 Å². The van der Waals surface area contributed by atoms with Crippen LogP contribution in [0.4, 0.5) is 0 Å². The van der Waals surface area contributed by atoms with Crippen LogP contribution in [-0.4, -0.2) is 61.3 Å². The number of rotatable bonds is 13. The van der Waals surface area contributed by atoms with Gasteiger partial charge in [0, 0.05) is 49.9 Å². The van der Waals surface area contributed by atoms with Crippen LogP contribution in [-0.2, 0) is 24.0 Å². The maximum atomic E-state index is 13.5. The molecular weight excluding hydrogens is 558 g/mol. The molecule has 9 nitrogen and oxygen atoms in total. The van der Waals surface area contributed by atoms with Crippen LogP contribution >= 0.6 is 0 Å². The topological polar surface area (TPSA) is 106 Å². The lowest BCUT2D eigenvalue weighted by Gasteiger charge is -2.26. The van der Waals surface area contributed by atoms with E-state index in [0.29, 0.717) is 44.5 Å². The van der Waals surface area contributed by atoms with Gasteiger partial charge in [0.15, 0.2) is 6.29 Å². The zero-order chi connectivity index (χ0) is 30.6. The minimum Gasteiger partial charge on any atom is -0.488 e. The van der Waals surface area contributed by atoms with E-state index in [1.54, 1.807) is 0 Å². The van der Waals surface area contributed by atoms with Gasteiger partial charge in [0.05, 0.1) is 5.57 Å². The fourth-order valence-electron chi connectivity index (χ4n) is 6.35. The van der Waals surface area contributed by atoms with Crippen LogP contribution in [0, 0.1) is 5.92 Å². The maximum absolute atomic E-state index is 13.5. The Morgan fingerprint density at radius 3 is 2.59 bits per heavy atom. The molecule has 44 heavy (non-hydrogen) atoms. The molecule has 5 rings (SSSR count). The molecule has 2 saturated heterocycles. The minimum atomic E-state index is -0.365. The molecule has 3 fully saturated rings. The molecule has 1 aliphatic carbocycles. The predicted octanol–water partition coefficient (Wildman–Crippen LogP) is 5.58. The second-order valence-corrected chi connectivity index (χ2v) is 12.3. The van der Waals surface area contributed by atoms with Crippen LogP contribution < -0.4 is 15.5 Å². The Hall–Kier alpha value is -3.43. The number of carbonyl (C=O) groups excluding carboxylic acids is 3. The van der Waals surface area contributed by atoms with E-state index in [-0.39, 0.29) is 42.6 Å². The standard InChI is InChI=1S/C35H47N3O6/c39-32(37-44-33-20-9-10-23-42-33)19-6-2-5-15-28(25-43-31-18-11-16-26-12-7-8-17-30(26)31)34(40)36-29-21-22-38(24-29)35(41)27-13-3-1-4-14-27/h7-8,11-12,15-18,27,29,33H,1-6,9-10,13-14,19-25H2,(H,36,40)(H,37,39). The van der Waals surface area contributed by atoms with Gasteiger partial charge in [0.1, 0.15) is 12.4 Å². The molecule has 2 aromatic rings. The van der Waals surface area contributed by atoms with E-state index in [1.807, 2.05) is 53.4 Å². The van der Waals surface area contributed by atoms with E-state index in [0.717, 1.165) is 74.3 Å². The molecule has 2 unspecified atom stereocenters. The first-order valence-corrected chi connectivity index (χ1v) is 16.5. The molecule has 0 aromatic heterocycles. The van der Waals surface area contributed by atoms with Crippen molar-refractivity contribution in [1.29, 1.82) is 0 Å². The smallest absolute Gasteiger partial charge is 0.250 e. The third-order valence-electron chi connectivity index (χ3n) is 8.90. The summed E-state index contributed by atoms with van der Waals surface area (Å²) in [7, 11) is 0. The fraction of sp³-hybridized carbons (Fsp3) is 0.571. The van der Waals surface area contributed by atoms with Gasteiger partial charge >= 0.3 is 0 Å². The average Bonchev–Trinajstić information content (AvgIpc) is 3.53. The summed E-state index contributed by atoms with van der Waals surface area (Å²) in [6.45, 7) is 2.03. The highest BCUT2D eigenvalue weighted by Gasteiger charge is 2.32. The second kappa shape index (κ2) is 16.6. The zero-order valence-electron chi connectivity index (χ0n) is 25.8. The Bertz CT molecular complexity index is 1280. The van der Waals surface area contributed by atoms with Gasteiger partial charge in [-0.1, -0.05) is 61.7 Å². The molecular formula is C35H47N3O6. The summed E-state index contributed by atoms with van der Waals surface area (Å²) in [5, 5.41) is 5.24. The number of ether oxygens (including phenoxy) is 2. The largest absolute Gasteiger partial charge is 0.488 e. The third-order valence-corrected chi connectivity index (χ3v) is 8.90. The lowest BCUT2D eigenvalue weighted by Crippen LogP contribution is -2.41. The first-order chi connectivity index (χ1) is 21.6. The molecule has 2 aliphatic heterocycles. The summed E-state index contributed by atoms with van der Waals surface area (Å²) in [6, 6.07) is 13.8. The molecule has 2 heterocycles. The average molecular weight is 606 g/mol. The lowest BCUT2D eigenvalue weighted by molar-refractivity contribution is -0.200. The van der Waals surface area contributed by atoms with Gasteiger partial charge in [-0.05, 0) is 62.8 Å². The fourth-order valence-corrected chi connectivity index (χ4v) is 6.35. The molecule has 0 bridgehead atoms. The van der Waals surface area contributed by atoms with E-state index < -0.39 is 0 Å². The zero-order valence-corrected chi connectivity index (χ0v) is 25.8. The van der Waals surface area contributed by atoms with Gasteiger partial charge in [0.25, 0.3) is 5.91 Å². The molecule has 1 saturated carbocycles. The summed E-state index contributed by atoms with van der Waals surface area (Å²) in [6.07, 6.45) is 13.0. The highest BCUT2D eigenvalue weighted by atomic mass is 16.8. The number of carbonyl (C=O) groups is 3. The minimum absolute atomic E-state index is 0.0761. The highest BCUT2D eigenvalue weighted by molar-refractivity contribution is 5.94. The highest BCUT2D eigenvalue weighted by Crippen LogP contribution is 2.28. The van der Waals surface area contributed by atoms with Crippen molar-refractivity contribution in [3.05, 3.63) is 54.1 Å². The Kier molecular flexibility index (Phi) is 12.1. The molecule has 9 heteroatoms. The van der Waals surface area contributed by atoms with Crippen LogP contribution in [0.1, 0.15) is 83.5 Å². The summed E-state index contributed by atoms with van der Waals surface area (Å²) < 4.78 is 11.7. The van der Waals surface area contributed by atoms with Gasteiger partial charge in [-0.25, -0.2) is 10.3 Å². The number of nitrogens with one attached hydrogen (secondary N) is 2. The van der Waals surface area contributed by atoms with E-state index in [1.165, 1.54) is 6.42 Å². The first kappa shape index (κ1) is 32.0. The van der Waals surface area contributed by atoms with Crippen molar-refractivity contribution >= 4 is 28.5 Å². The molecule has 2 atom stereocenters. The normalized spacial score (nSPS) is 21.3. The molecule has 2 N–H and O–H groups in total. The number of hydroxylamine groups is 1. The molecule has 2 aromatic carbocycles. The Balaban J connectivity index is 1.14. The number of benzene rings is 2. The van der Waals surface area contributed by atoms with E-state index >= 15 is 0 Å². The van der Waals surface area contributed by atoms with Crippen LogP contribution in [0.25, 0.3) is 10.8 Å². The Morgan fingerprint density at radius 2 is 1.75 bits per heavy atom. The molecule has 0 radical (unpaired) electrons. The number of likely N-dealkylation sites (tertiary alicyclic amines) is 1. The number of allylic oxidation sites excluding steroid dienone is 1. The van der Waals surface area contributed by atoms with Crippen molar-refractivity contribution in [2.24, 2.45) is 5.92 Å². The van der Waals surface area contributed by atoms with Crippen LogP contribution in [0.15, 0.2) is 54.1 Å². The van der Waals surface area contributed by atoms with Crippen LogP contribution in [0.5, 0.6) is 5.75 Å². The SMILES string of the molecule is O=C(CCCCC=C(COc1cccc2ccccc12)C(=O)NC1CCN(C(=O)C2CCCCC2)C1)NOC1CCCCO1. The third kappa shape index (κ3) is 9.29. The van der Waals surface area contributed by atoms with Gasteiger partial charge in [0.2, 0.25) is 11.8 Å². The van der Waals surface area contributed by atoms with Crippen LogP contribution in [0.3, 0.4) is 0 Å². The number of nitrogens with zero attached hydrogens (tertiary/aromatic N) is 1. The second-order valence-electron chi connectivity index (χ2n) is 12.3. The van der Waals surface area contributed by atoms with Gasteiger partial charge in [-0.15, -0.1) is 0 Å². The Labute approximate surface area is 260 Å². The van der Waals surface area contributed by atoms with Crippen molar-refractivity contribution in [2.75, 3.05) is 26.3 Å². The van der Waals surface area contributed by atoms with Gasteiger partial charge < -0.3 is 19.7 Å². The van der Waals surface area contributed by atoms with Crippen molar-refractivity contribution in [1.82, 2.24) is 15.7 Å². The number of amides is 3. The summed E-state index contributed by atoms with van der Waals surface area (Å²) in [4.78, 5) is 46.1. The summed E-state index contributed by atoms with van der Waals surface area (Å²) in [5.74, 6) is 0.773. The maximum Gasteiger partial charge on any atom is 0.250 e. The Morgan fingerprint density at radius 1 is 0.932 bits per heavy atom. The number of hydrogen-bond acceptors (Lipinski definition) is 6.